The molecule has 1 N–H and O–H groups in total. The number of hydrogen-bond donors (Lipinski definition) is 1. The van der Waals surface area contributed by atoms with Gasteiger partial charge in [-0.05, 0) is 51.3 Å². The van der Waals surface area contributed by atoms with Crippen LogP contribution in [0, 0.1) is 6.92 Å². The molecule has 1 unspecified atom stereocenters. The molecule has 0 spiro atoms. The molecule has 0 saturated heterocycles. The molecule has 19 heavy (non-hydrogen) atoms. The van der Waals surface area contributed by atoms with E-state index in [9.17, 15) is 0 Å². The first-order valence-electron chi connectivity index (χ1n) is 6.96. The summed E-state index contributed by atoms with van der Waals surface area (Å²) in [7, 11) is 2.06. The lowest BCUT2D eigenvalue weighted by Gasteiger charge is -2.12. The number of nitrogens with one attached hydrogen (secondary N) is 1. The third-order valence-electron chi connectivity index (χ3n) is 3.79. The van der Waals surface area contributed by atoms with Gasteiger partial charge in [0.1, 0.15) is 0 Å². The number of thiazole rings is 1. The Balaban J connectivity index is 1.79. The molecule has 0 aromatic carbocycles. The molecule has 2 nitrogen and oxygen atoms in total. The molecular formula is C15H20N2S2. The Labute approximate surface area is 122 Å². The van der Waals surface area contributed by atoms with E-state index in [0.717, 1.165) is 11.4 Å². The van der Waals surface area contributed by atoms with E-state index in [-0.39, 0.29) is 0 Å². The molecule has 0 bridgehead atoms. The molecule has 1 aliphatic rings. The molecule has 102 valence electrons. The van der Waals surface area contributed by atoms with Gasteiger partial charge in [-0.2, -0.15) is 0 Å². The Morgan fingerprint density at radius 3 is 2.89 bits per heavy atom. The van der Waals surface area contributed by atoms with Crippen LogP contribution in [0.15, 0.2) is 11.4 Å². The zero-order valence-electron chi connectivity index (χ0n) is 11.5. The predicted molar refractivity (Wildman–Crippen MR) is 83.3 cm³/mol. The number of thiophene rings is 1. The first-order valence-corrected chi connectivity index (χ1v) is 8.65. The highest BCUT2D eigenvalue weighted by Gasteiger charge is 2.19. The van der Waals surface area contributed by atoms with E-state index in [2.05, 4.69) is 35.7 Å². The van der Waals surface area contributed by atoms with E-state index in [4.69, 9.17) is 0 Å². The van der Waals surface area contributed by atoms with Crippen LogP contribution in [0.4, 0.5) is 0 Å². The van der Waals surface area contributed by atoms with Gasteiger partial charge < -0.3 is 5.32 Å². The number of likely N-dealkylation sites (N-methyl/N-ethyl adjacent to an activating group) is 1. The van der Waals surface area contributed by atoms with Gasteiger partial charge in [0.05, 0.1) is 10.7 Å². The lowest BCUT2D eigenvalue weighted by molar-refractivity contribution is 0.594. The summed E-state index contributed by atoms with van der Waals surface area (Å²) in [5.41, 5.74) is 2.81. The Morgan fingerprint density at radius 1 is 1.37 bits per heavy atom. The summed E-state index contributed by atoms with van der Waals surface area (Å²) < 4.78 is 0. The Kier molecular flexibility index (Phi) is 4.01. The second-order valence-electron chi connectivity index (χ2n) is 5.21. The fourth-order valence-electron chi connectivity index (χ4n) is 2.74. The van der Waals surface area contributed by atoms with Crippen molar-refractivity contribution in [1.82, 2.24) is 10.3 Å². The van der Waals surface area contributed by atoms with E-state index in [1.165, 1.54) is 36.3 Å². The zero-order valence-corrected chi connectivity index (χ0v) is 13.2. The fourth-order valence-corrected chi connectivity index (χ4v) is 4.73. The van der Waals surface area contributed by atoms with Crippen molar-refractivity contribution in [3.63, 3.8) is 0 Å². The molecule has 0 amide bonds. The first kappa shape index (κ1) is 13.3. The maximum absolute atomic E-state index is 4.59. The lowest BCUT2D eigenvalue weighted by Crippen LogP contribution is -2.17. The average molecular weight is 292 g/mol. The maximum Gasteiger partial charge on any atom is 0.0897 e. The number of aromatic nitrogens is 1. The lowest BCUT2D eigenvalue weighted by atomic mass is 9.98. The predicted octanol–water partition coefficient (Wildman–Crippen LogP) is 3.90. The number of fused-ring (bicyclic) bond motifs is 1. The Hall–Kier alpha value is -0.710. The van der Waals surface area contributed by atoms with Crippen LogP contribution in [0.3, 0.4) is 0 Å². The molecular weight excluding hydrogens is 272 g/mol. The van der Waals surface area contributed by atoms with E-state index >= 15 is 0 Å². The second kappa shape index (κ2) is 5.73. The van der Waals surface area contributed by atoms with Crippen molar-refractivity contribution in [2.75, 3.05) is 7.05 Å². The summed E-state index contributed by atoms with van der Waals surface area (Å²) >= 11 is 3.75. The van der Waals surface area contributed by atoms with Crippen LogP contribution < -0.4 is 5.32 Å². The van der Waals surface area contributed by atoms with Crippen LogP contribution in [0.25, 0.3) is 0 Å². The normalized spacial score (nSPS) is 16.3. The van der Waals surface area contributed by atoms with Crippen molar-refractivity contribution >= 4 is 22.7 Å². The van der Waals surface area contributed by atoms with E-state index in [1.807, 2.05) is 11.3 Å². The van der Waals surface area contributed by atoms with Gasteiger partial charge in [-0.25, -0.2) is 4.98 Å². The van der Waals surface area contributed by atoms with Crippen molar-refractivity contribution in [2.45, 2.75) is 45.1 Å². The van der Waals surface area contributed by atoms with Crippen LogP contribution in [-0.4, -0.2) is 12.0 Å². The monoisotopic (exact) mass is 292 g/mol. The summed E-state index contributed by atoms with van der Waals surface area (Å²) in [6, 6.07) is 2.84. The van der Waals surface area contributed by atoms with Crippen molar-refractivity contribution in [3.8, 4) is 0 Å². The molecule has 0 aliphatic heterocycles. The fraction of sp³-hybridized carbons (Fsp3) is 0.533. The van der Waals surface area contributed by atoms with Crippen LogP contribution >= 0.6 is 22.7 Å². The van der Waals surface area contributed by atoms with E-state index < -0.39 is 0 Å². The van der Waals surface area contributed by atoms with Crippen molar-refractivity contribution < 1.29 is 0 Å². The molecule has 4 heteroatoms. The Morgan fingerprint density at radius 2 is 2.21 bits per heavy atom. The van der Waals surface area contributed by atoms with Crippen LogP contribution in [0.5, 0.6) is 0 Å². The van der Waals surface area contributed by atoms with Gasteiger partial charge >= 0.3 is 0 Å². The molecule has 1 atom stereocenters. The smallest absolute Gasteiger partial charge is 0.0897 e. The maximum atomic E-state index is 4.59. The van der Waals surface area contributed by atoms with Gasteiger partial charge in [0.15, 0.2) is 0 Å². The van der Waals surface area contributed by atoms with Gasteiger partial charge in [-0.15, -0.1) is 22.7 Å². The zero-order chi connectivity index (χ0) is 13.2. The molecule has 2 aromatic rings. The first-order chi connectivity index (χ1) is 9.26. The minimum atomic E-state index is 0.414. The number of hydrogen-bond acceptors (Lipinski definition) is 4. The quantitative estimate of drug-likeness (QED) is 0.924. The molecule has 2 heterocycles. The minimum absolute atomic E-state index is 0.414. The standard InChI is InChI=1S/C15H20N2S2/c1-10-17-12(9-18-10)8-13(16-2)15-7-11-5-3-4-6-14(11)19-15/h7,9,13,16H,3-6,8H2,1-2H3. The van der Waals surface area contributed by atoms with Crippen molar-refractivity contribution in [2.24, 2.45) is 0 Å². The second-order valence-corrected chi connectivity index (χ2v) is 7.44. The highest BCUT2D eigenvalue weighted by atomic mass is 32.1. The van der Waals surface area contributed by atoms with E-state index in [1.54, 1.807) is 21.8 Å². The van der Waals surface area contributed by atoms with Crippen LogP contribution in [0.2, 0.25) is 0 Å². The Bertz CT molecular complexity index is 533. The third kappa shape index (κ3) is 2.91. The van der Waals surface area contributed by atoms with Crippen LogP contribution in [-0.2, 0) is 19.3 Å². The number of aryl methyl sites for hydroxylation is 3. The number of rotatable bonds is 4. The van der Waals surface area contributed by atoms with Gasteiger partial charge in [-0.3, -0.25) is 0 Å². The molecule has 3 rings (SSSR count). The summed E-state index contributed by atoms with van der Waals surface area (Å²) in [5, 5.41) is 6.81. The highest BCUT2D eigenvalue weighted by Crippen LogP contribution is 2.34. The van der Waals surface area contributed by atoms with E-state index in [0.29, 0.717) is 6.04 Å². The largest absolute Gasteiger partial charge is 0.312 e. The topological polar surface area (TPSA) is 24.9 Å². The van der Waals surface area contributed by atoms with Crippen LogP contribution in [0.1, 0.15) is 44.9 Å². The van der Waals surface area contributed by atoms with Gasteiger partial charge in [0, 0.05) is 27.6 Å². The minimum Gasteiger partial charge on any atom is -0.312 e. The van der Waals surface area contributed by atoms with Gasteiger partial charge in [0.2, 0.25) is 0 Å². The van der Waals surface area contributed by atoms with Gasteiger partial charge in [0.25, 0.3) is 0 Å². The molecule has 0 fully saturated rings. The number of nitrogens with zero attached hydrogens (tertiary/aromatic N) is 1. The molecule has 0 radical (unpaired) electrons. The van der Waals surface area contributed by atoms with Crippen molar-refractivity contribution in [3.05, 3.63) is 37.5 Å². The average Bonchev–Trinajstić information content (AvgIpc) is 3.01. The summed E-state index contributed by atoms with van der Waals surface area (Å²) in [6.45, 7) is 2.08. The molecule has 1 aliphatic carbocycles. The third-order valence-corrected chi connectivity index (χ3v) is 5.96. The SMILES string of the molecule is CNC(Cc1csc(C)n1)c1cc2c(s1)CCCC2. The summed E-state index contributed by atoms with van der Waals surface area (Å²) in [6.07, 6.45) is 6.28. The molecule has 2 aromatic heterocycles. The molecule has 0 saturated carbocycles. The summed E-state index contributed by atoms with van der Waals surface area (Å²) in [4.78, 5) is 7.70. The van der Waals surface area contributed by atoms with Gasteiger partial charge in [-0.1, -0.05) is 0 Å². The highest BCUT2D eigenvalue weighted by molar-refractivity contribution is 7.12. The van der Waals surface area contributed by atoms with Crippen molar-refractivity contribution in [1.29, 1.82) is 0 Å². The summed E-state index contributed by atoms with van der Waals surface area (Å²) in [5.74, 6) is 0.